The van der Waals surface area contributed by atoms with Gasteiger partial charge >= 0.3 is 0 Å². The predicted molar refractivity (Wildman–Crippen MR) is 266 cm³/mol. The summed E-state index contributed by atoms with van der Waals surface area (Å²) >= 11 is 0. The summed E-state index contributed by atoms with van der Waals surface area (Å²) in [5.41, 5.74) is 5.20. The van der Waals surface area contributed by atoms with Crippen LogP contribution < -0.4 is 31.7 Å². The van der Waals surface area contributed by atoms with Crippen LogP contribution >= 0.6 is 0 Å². The molecule has 71 heavy (non-hydrogen) atoms. The smallest absolute Gasteiger partial charge is 0.246 e. The number of hydrogen-bond donors (Lipinski definition) is 6. The molecular formula is C55H77N5O11. The third-order valence-corrected chi connectivity index (χ3v) is 16.3. The number of hydrogen-bond acceptors (Lipinski definition) is 12. The van der Waals surface area contributed by atoms with Crippen LogP contribution in [0.1, 0.15) is 131 Å². The number of rotatable bonds is 21. The monoisotopic (exact) mass is 984 g/mol. The number of amides is 4. The van der Waals surface area contributed by atoms with E-state index >= 15 is 0 Å². The molecule has 4 amide bonds. The zero-order chi connectivity index (χ0) is 51.1. The normalized spacial score (nSPS) is 31.9. The zero-order valence-electron chi connectivity index (χ0n) is 42.5. The summed E-state index contributed by atoms with van der Waals surface area (Å²) in [5.74, 6) is 4.32. The molecule has 1 unspecified atom stereocenters. The number of allylic oxidation sites excluding steroid dienone is 4. The van der Waals surface area contributed by atoms with Crippen LogP contribution in [0.4, 0.5) is 5.69 Å². The lowest BCUT2D eigenvalue weighted by atomic mass is 9.46. The van der Waals surface area contributed by atoms with Gasteiger partial charge in [0.25, 0.3) is 0 Å². The molecule has 5 aliphatic carbocycles. The van der Waals surface area contributed by atoms with Crippen LogP contribution in [0.25, 0.3) is 0 Å². The minimum Gasteiger partial charge on any atom is -0.486 e. The highest BCUT2D eigenvalue weighted by molar-refractivity contribution is 6.01. The Labute approximate surface area is 419 Å². The Kier molecular flexibility index (Phi) is 17.7. The number of ether oxygens (including phenoxy) is 4. The molecule has 7 rings (SSSR count). The van der Waals surface area contributed by atoms with Crippen molar-refractivity contribution in [3.8, 4) is 17.6 Å². The summed E-state index contributed by atoms with van der Waals surface area (Å²) in [6, 6.07) is 3.79. The van der Waals surface area contributed by atoms with E-state index in [1.54, 1.807) is 57.2 Å². The molecule has 7 N–H and O–H groups in total. The highest BCUT2D eigenvalue weighted by atomic mass is 16.7. The Morgan fingerprint density at radius 3 is 2.49 bits per heavy atom. The number of ketones is 2. The molecule has 1 aromatic rings. The molecule has 16 heteroatoms. The van der Waals surface area contributed by atoms with Crippen molar-refractivity contribution >= 4 is 40.9 Å². The minimum atomic E-state index is -1.32. The number of aliphatic hydroxyl groups excluding tert-OH is 1. The standard InChI is InChI=1S/C55H77N5O11/c1-7-15-47-70-45-29-41-40-24-19-35-28-37(61)25-26-53(35,5)48(40)43(62)30-54(41,6)55(45,71-47)44(63)31-68-39-22-20-36(21-23-39)59-50(65)34(4)58-52(67)49(33(2)3)60-51(66)42(56)18-13-14-27-57-46(64)32-69-38-16-11-9-8-10-12-17-38/h20-23,25-26,28,33-34,38,40-43,45,47-49,62H,7-11,13-16,18-19,24,27,29-32,56H2,1-6H3,(H,57,64)(H,58,67)(H,59,65)(H,60,66)/t34-,38?,40-,41-,42+,43-,45+,47+,48+,49-,53-,54-,55+/m0/s1. The highest BCUT2D eigenvalue weighted by Crippen LogP contribution is 2.69. The van der Waals surface area contributed by atoms with Crippen LogP contribution in [-0.2, 0) is 43.0 Å². The molecule has 1 saturated heterocycles. The Morgan fingerprint density at radius 2 is 1.75 bits per heavy atom. The molecule has 13 atom stereocenters. The lowest BCUT2D eigenvalue weighted by molar-refractivity contribution is -0.200. The maximum atomic E-state index is 14.7. The summed E-state index contributed by atoms with van der Waals surface area (Å²) in [7, 11) is 0. The fraction of sp³-hybridized carbons (Fsp3) is 0.673. The minimum absolute atomic E-state index is 0.0187. The van der Waals surface area contributed by atoms with Crippen molar-refractivity contribution in [3.05, 3.63) is 48.1 Å². The summed E-state index contributed by atoms with van der Waals surface area (Å²) in [5, 5.41) is 23.2. The topological polar surface area (TPSA) is 234 Å². The fourth-order valence-corrected chi connectivity index (χ4v) is 12.5. The largest absolute Gasteiger partial charge is 0.486 e. The quantitative estimate of drug-likeness (QED) is 0.0676. The van der Waals surface area contributed by atoms with Gasteiger partial charge in [0.2, 0.25) is 29.4 Å². The van der Waals surface area contributed by atoms with Crippen LogP contribution in [0.5, 0.6) is 5.75 Å². The van der Waals surface area contributed by atoms with Crippen LogP contribution in [0.15, 0.2) is 48.1 Å². The van der Waals surface area contributed by atoms with Crippen molar-refractivity contribution < 1.29 is 52.8 Å². The van der Waals surface area contributed by atoms with Crippen molar-refractivity contribution in [2.75, 3.05) is 25.1 Å². The van der Waals surface area contributed by atoms with Crippen LogP contribution in [0.2, 0.25) is 0 Å². The molecule has 16 nitrogen and oxygen atoms in total. The van der Waals surface area contributed by atoms with Crippen LogP contribution in [-0.4, -0.2) is 108 Å². The van der Waals surface area contributed by atoms with E-state index in [1.165, 1.54) is 0 Å². The highest BCUT2D eigenvalue weighted by Gasteiger charge is 2.76. The second-order valence-electron chi connectivity index (χ2n) is 21.5. The van der Waals surface area contributed by atoms with Crippen molar-refractivity contribution in [3.63, 3.8) is 0 Å². The Balaban J connectivity index is 0.869. The number of carbonyl (C=O) groups is 6. The van der Waals surface area contributed by atoms with E-state index in [1.807, 2.05) is 13.0 Å². The first-order valence-electron chi connectivity index (χ1n) is 26.2. The van der Waals surface area contributed by atoms with Gasteiger partial charge in [0, 0.05) is 35.4 Å². The third kappa shape index (κ3) is 11.8. The molecule has 0 bridgehead atoms. The van der Waals surface area contributed by atoms with E-state index in [2.05, 4.69) is 47.0 Å². The molecule has 1 heterocycles. The number of aliphatic hydroxyl groups is 1. The van der Waals surface area contributed by atoms with E-state index in [4.69, 9.17) is 24.7 Å². The molecule has 6 aliphatic rings. The van der Waals surface area contributed by atoms with Gasteiger partial charge in [-0.3, -0.25) is 28.8 Å². The molecule has 0 aromatic heterocycles. The van der Waals surface area contributed by atoms with Gasteiger partial charge in [-0.25, -0.2) is 0 Å². The van der Waals surface area contributed by atoms with Gasteiger partial charge in [0.05, 0.1) is 18.2 Å². The number of nitrogens with two attached hydrogens (primary N) is 1. The number of fused-ring (bicyclic) bond motifs is 7. The molecule has 3 saturated carbocycles. The van der Waals surface area contributed by atoms with E-state index in [0.717, 1.165) is 56.9 Å². The Bertz CT molecular complexity index is 2250. The number of unbranched alkanes of at least 4 members (excludes halogenated alkanes) is 1. The van der Waals surface area contributed by atoms with E-state index in [0.29, 0.717) is 56.5 Å². The summed E-state index contributed by atoms with van der Waals surface area (Å²) in [6.45, 7) is 11.4. The predicted octanol–water partition coefficient (Wildman–Crippen LogP) is 5.35. The number of anilines is 1. The Hall–Kier alpha value is -4.92. The van der Waals surface area contributed by atoms with Crippen molar-refractivity contribution in [2.45, 2.75) is 180 Å². The molecule has 1 aliphatic heterocycles. The van der Waals surface area contributed by atoms with Crippen LogP contribution in [0, 0.1) is 46.3 Å². The van der Waals surface area contributed by atoms with Gasteiger partial charge in [-0.05, 0) is 132 Å². The second kappa shape index (κ2) is 23.3. The van der Waals surface area contributed by atoms with Gasteiger partial charge in [0.1, 0.15) is 37.2 Å². The first-order valence-corrected chi connectivity index (χ1v) is 26.2. The lowest BCUT2D eigenvalue weighted by Gasteiger charge is -2.59. The molecule has 0 spiro atoms. The summed E-state index contributed by atoms with van der Waals surface area (Å²) in [4.78, 5) is 79.1. The first kappa shape index (κ1) is 53.9. The van der Waals surface area contributed by atoms with Crippen molar-refractivity contribution in [2.24, 2.45) is 40.2 Å². The van der Waals surface area contributed by atoms with E-state index in [-0.39, 0.29) is 60.5 Å². The lowest BCUT2D eigenvalue weighted by Crippen LogP contribution is -2.63. The SMILES string of the molecule is CCC[C@@H]1O[C@@H]2C[C@H]3[C@@H]4CCC5=CC(=O)C=C[C@]5(C)[C@H]4[C@@H](O)C[C@]3(C)[C@]2(C(=O)COc2ccc(NC(=O)[C@H](C)NC(=O)[C@@H](NC(=O)[C@H](N)CCCCNC(=O)COC3C#CCCCCC3)C(C)C)cc2)O1. The van der Waals surface area contributed by atoms with Gasteiger partial charge in [-0.15, -0.1) is 5.92 Å². The van der Waals surface area contributed by atoms with Crippen molar-refractivity contribution in [1.29, 1.82) is 0 Å². The molecule has 388 valence electrons. The summed E-state index contributed by atoms with van der Waals surface area (Å²) < 4.78 is 25.2. The van der Waals surface area contributed by atoms with Crippen LogP contribution in [0.3, 0.4) is 0 Å². The van der Waals surface area contributed by atoms with Crippen molar-refractivity contribution in [1.82, 2.24) is 16.0 Å². The first-order chi connectivity index (χ1) is 33.9. The second-order valence-corrected chi connectivity index (χ2v) is 21.5. The number of nitrogens with one attached hydrogen (secondary N) is 4. The van der Waals surface area contributed by atoms with E-state index < -0.39 is 70.8 Å². The van der Waals surface area contributed by atoms with Gasteiger partial charge in [0.15, 0.2) is 17.7 Å². The van der Waals surface area contributed by atoms with Gasteiger partial charge in [-0.2, -0.15) is 0 Å². The average Bonchev–Trinajstić information content (AvgIpc) is 3.81. The summed E-state index contributed by atoms with van der Waals surface area (Å²) in [6.07, 6.45) is 13.8. The van der Waals surface area contributed by atoms with Gasteiger partial charge in [-0.1, -0.05) is 65.0 Å². The molecule has 0 radical (unpaired) electrons. The maximum absolute atomic E-state index is 14.7. The number of carbonyl (C=O) groups excluding carboxylic acids is 6. The van der Waals surface area contributed by atoms with Gasteiger partial charge < -0.3 is 51.1 Å². The zero-order valence-corrected chi connectivity index (χ0v) is 42.5. The average molecular weight is 984 g/mol. The van der Waals surface area contributed by atoms with E-state index in [9.17, 15) is 33.9 Å². The molecule has 1 aromatic carbocycles. The maximum Gasteiger partial charge on any atom is 0.246 e. The molecular weight excluding hydrogens is 907 g/mol. The molecule has 4 fully saturated rings. The number of benzene rings is 1. The Morgan fingerprint density at radius 1 is 0.972 bits per heavy atom. The number of Topliss-reactive ketones (excluding diaryl/α,β-unsaturated/α-hetero) is 1. The fourth-order valence-electron chi connectivity index (χ4n) is 12.5. The third-order valence-electron chi connectivity index (χ3n) is 16.3.